The summed E-state index contributed by atoms with van der Waals surface area (Å²) in [5.74, 6) is 0.891. The molecule has 1 aromatic heterocycles. The lowest BCUT2D eigenvalue weighted by molar-refractivity contribution is -0.137. The molecule has 3 aliphatic heterocycles. The van der Waals surface area contributed by atoms with Gasteiger partial charge in [-0.15, -0.1) is 0 Å². The summed E-state index contributed by atoms with van der Waals surface area (Å²) in [5, 5.41) is 3.62. The summed E-state index contributed by atoms with van der Waals surface area (Å²) < 4.78 is 16.9. The van der Waals surface area contributed by atoms with Crippen LogP contribution in [0.5, 0.6) is 11.5 Å². The Bertz CT molecular complexity index is 773. The fourth-order valence-corrected chi connectivity index (χ4v) is 4.38. The summed E-state index contributed by atoms with van der Waals surface area (Å²) in [7, 11) is 0. The highest BCUT2D eigenvalue weighted by molar-refractivity contribution is 5.83. The Morgan fingerprint density at radius 1 is 1.12 bits per heavy atom. The maximum absolute atomic E-state index is 12.3. The number of hydrogen-bond donors (Lipinski definition) is 1. The van der Waals surface area contributed by atoms with E-state index in [-0.39, 0.29) is 18.0 Å². The number of ether oxygens (including phenoxy) is 2. The smallest absolute Gasteiger partial charge is 0.319 e. The second-order valence-electron chi connectivity index (χ2n) is 7.35. The molecule has 2 saturated heterocycles. The lowest BCUT2D eigenvalue weighted by atomic mass is 9.91. The molecule has 4 heterocycles. The van der Waals surface area contributed by atoms with Crippen molar-refractivity contribution in [1.82, 2.24) is 5.32 Å². The predicted molar refractivity (Wildman–Crippen MR) is 90.8 cm³/mol. The second-order valence-corrected chi connectivity index (χ2v) is 7.35. The fourth-order valence-electron chi connectivity index (χ4n) is 4.38. The predicted octanol–water partition coefficient (Wildman–Crippen LogP) is 3.19. The van der Waals surface area contributed by atoms with Crippen molar-refractivity contribution in [3.8, 4) is 11.5 Å². The van der Waals surface area contributed by atoms with Crippen LogP contribution in [0.25, 0.3) is 0 Å². The third kappa shape index (κ3) is 2.82. The topological polar surface area (TPSA) is 60.7 Å². The maximum Gasteiger partial charge on any atom is 0.319 e. The van der Waals surface area contributed by atoms with Gasteiger partial charge in [0.15, 0.2) is 0 Å². The van der Waals surface area contributed by atoms with E-state index in [1.54, 1.807) is 12.5 Å². The zero-order chi connectivity index (χ0) is 16.8. The van der Waals surface area contributed by atoms with Crippen molar-refractivity contribution in [3.05, 3.63) is 47.9 Å². The summed E-state index contributed by atoms with van der Waals surface area (Å²) >= 11 is 0. The molecule has 5 rings (SSSR count). The van der Waals surface area contributed by atoms with E-state index < -0.39 is 0 Å². The van der Waals surface area contributed by atoms with E-state index in [0.717, 1.165) is 29.7 Å². The minimum absolute atomic E-state index is 0.231. The molecule has 2 bridgehead atoms. The van der Waals surface area contributed by atoms with Crippen LogP contribution in [0.2, 0.25) is 0 Å². The Balaban J connectivity index is 1.33. The van der Waals surface area contributed by atoms with Gasteiger partial charge in [-0.2, -0.15) is 0 Å². The van der Waals surface area contributed by atoms with Gasteiger partial charge in [-0.05, 0) is 49.8 Å². The van der Waals surface area contributed by atoms with Crippen LogP contribution in [0.4, 0.5) is 0 Å². The fraction of sp³-hybridized carbons (Fsp3) is 0.450. The van der Waals surface area contributed by atoms with Gasteiger partial charge in [0.05, 0.1) is 18.4 Å². The first-order valence-corrected chi connectivity index (χ1v) is 9.04. The highest BCUT2D eigenvalue weighted by Gasteiger charge is 2.35. The van der Waals surface area contributed by atoms with E-state index in [4.69, 9.17) is 13.9 Å². The number of hydrogen-bond acceptors (Lipinski definition) is 5. The molecule has 1 aromatic carbocycles. The zero-order valence-electron chi connectivity index (χ0n) is 13.9. The van der Waals surface area contributed by atoms with Crippen LogP contribution in [-0.2, 0) is 11.2 Å². The molecule has 0 saturated carbocycles. The number of carbonyl (C=O) groups excluding carboxylic acids is 1. The molecule has 0 spiro atoms. The van der Waals surface area contributed by atoms with Crippen molar-refractivity contribution in [3.63, 3.8) is 0 Å². The van der Waals surface area contributed by atoms with Crippen molar-refractivity contribution in [2.75, 3.05) is 0 Å². The molecule has 5 nitrogen and oxygen atoms in total. The van der Waals surface area contributed by atoms with Gasteiger partial charge in [0.2, 0.25) is 0 Å². The SMILES string of the molecule is O=C1Oc2cc(OC3CC4CCC(C3)N4)ccc2CC1c1ccoc1. The Hall–Kier alpha value is -2.27. The van der Waals surface area contributed by atoms with Gasteiger partial charge < -0.3 is 19.2 Å². The lowest BCUT2D eigenvalue weighted by Crippen LogP contribution is -2.42. The van der Waals surface area contributed by atoms with Crippen molar-refractivity contribution in [1.29, 1.82) is 0 Å². The van der Waals surface area contributed by atoms with E-state index in [0.29, 0.717) is 24.3 Å². The van der Waals surface area contributed by atoms with E-state index in [1.807, 2.05) is 24.3 Å². The molecule has 0 aliphatic carbocycles. The van der Waals surface area contributed by atoms with Gasteiger partial charge in [-0.3, -0.25) is 4.79 Å². The number of esters is 1. The number of carbonyl (C=O) groups is 1. The first kappa shape index (κ1) is 15.0. The molecule has 2 fully saturated rings. The number of fused-ring (bicyclic) bond motifs is 3. The van der Waals surface area contributed by atoms with Crippen LogP contribution in [0.3, 0.4) is 0 Å². The standard InChI is InChI=1S/C20H21NO4/c22-20-18(13-5-6-23-11-13)7-12-1-4-16(10-19(12)25-20)24-17-8-14-2-3-15(9-17)21-14/h1,4-6,10-11,14-15,17-18,21H,2-3,7-9H2. The van der Waals surface area contributed by atoms with Gasteiger partial charge >= 0.3 is 5.97 Å². The van der Waals surface area contributed by atoms with Crippen LogP contribution >= 0.6 is 0 Å². The van der Waals surface area contributed by atoms with Crippen LogP contribution < -0.4 is 14.8 Å². The molecule has 5 heteroatoms. The summed E-state index contributed by atoms with van der Waals surface area (Å²) in [6.45, 7) is 0. The Morgan fingerprint density at radius 2 is 1.96 bits per heavy atom. The van der Waals surface area contributed by atoms with E-state index in [9.17, 15) is 4.79 Å². The lowest BCUT2D eigenvalue weighted by Gasteiger charge is -2.30. The monoisotopic (exact) mass is 339 g/mol. The van der Waals surface area contributed by atoms with Gasteiger partial charge in [-0.25, -0.2) is 0 Å². The first-order valence-electron chi connectivity index (χ1n) is 9.04. The van der Waals surface area contributed by atoms with Crippen molar-refractivity contribution in [2.45, 2.75) is 56.2 Å². The van der Waals surface area contributed by atoms with Crippen molar-refractivity contribution >= 4 is 5.97 Å². The molecular weight excluding hydrogens is 318 g/mol. The van der Waals surface area contributed by atoms with Crippen molar-refractivity contribution < 1.29 is 18.7 Å². The highest BCUT2D eigenvalue weighted by Crippen LogP contribution is 2.37. The minimum Gasteiger partial charge on any atom is -0.490 e. The van der Waals surface area contributed by atoms with E-state index >= 15 is 0 Å². The molecule has 130 valence electrons. The molecular formula is C20H21NO4. The van der Waals surface area contributed by atoms with Crippen LogP contribution in [0.15, 0.2) is 41.2 Å². The maximum atomic E-state index is 12.3. The quantitative estimate of drug-likeness (QED) is 0.687. The van der Waals surface area contributed by atoms with Gasteiger partial charge in [0.25, 0.3) is 0 Å². The summed E-state index contributed by atoms with van der Waals surface area (Å²) in [4.78, 5) is 12.3. The second kappa shape index (κ2) is 5.92. The normalized spacial score (nSPS) is 30.6. The van der Waals surface area contributed by atoms with Crippen molar-refractivity contribution in [2.24, 2.45) is 0 Å². The Labute approximate surface area is 146 Å². The summed E-state index contributed by atoms with van der Waals surface area (Å²) in [5.41, 5.74) is 1.89. The average molecular weight is 339 g/mol. The molecule has 0 amide bonds. The highest BCUT2D eigenvalue weighted by atomic mass is 16.5. The molecule has 2 aromatic rings. The van der Waals surface area contributed by atoms with Crippen LogP contribution in [0.1, 0.15) is 42.7 Å². The molecule has 3 atom stereocenters. The third-order valence-electron chi connectivity index (χ3n) is 5.64. The first-order chi connectivity index (χ1) is 12.2. The third-order valence-corrected chi connectivity index (χ3v) is 5.64. The molecule has 3 unspecified atom stereocenters. The summed E-state index contributed by atoms with van der Waals surface area (Å²) in [6, 6.07) is 8.88. The largest absolute Gasteiger partial charge is 0.490 e. The van der Waals surface area contributed by atoms with Crippen LogP contribution in [0, 0.1) is 0 Å². The van der Waals surface area contributed by atoms with E-state index in [2.05, 4.69) is 5.32 Å². The molecule has 3 aliphatic rings. The summed E-state index contributed by atoms with van der Waals surface area (Å²) in [6.07, 6.45) is 8.68. The number of nitrogens with one attached hydrogen (secondary N) is 1. The van der Waals surface area contributed by atoms with Gasteiger partial charge in [0, 0.05) is 23.7 Å². The average Bonchev–Trinajstić information content (AvgIpc) is 3.24. The Kier molecular flexibility index (Phi) is 3.55. The number of benzene rings is 1. The number of furan rings is 1. The van der Waals surface area contributed by atoms with Gasteiger partial charge in [-0.1, -0.05) is 6.07 Å². The van der Waals surface area contributed by atoms with Gasteiger partial charge in [0.1, 0.15) is 17.6 Å². The minimum atomic E-state index is -0.293. The number of rotatable bonds is 3. The Morgan fingerprint density at radius 3 is 2.72 bits per heavy atom. The molecule has 0 radical (unpaired) electrons. The molecule has 25 heavy (non-hydrogen) atoms. The van der Waals surface area contributed by atoms with Crippen LogP contribution in [-0.4, -0.2) is 24.2 Å². The van der Waals surface area contributed by atoms with E-state index in [1.165, 1.54) is 12.8 Å². The number of piperidine rings is 1. The molecule has 1 N–H and O–H groups in total. The zero-order valence-corrected chi connectivity index (χ0v) is 13.9.